The van der Waals surface area contributed by atoms with Crippen molar-refractivity contribution in [1.29, 1.82) is 0 Å². The summed E-state index contributed by atoms with van der Waals surface area (Å²) < 4.78 is 7.85. The molecule has 140 valence electrons. The maximum Gasteiger partial charge on any atom is 0.279 e. The maximum atomic E-state index is 13.0. The maximum absolute atomic E-state index is 13.0. The van der Waals surface area contributed by atoms with Crippen molar-refractivity contribution in [3.8, 4) is 28.7 Å². The fourth-order valence-corrected chi connectivity index (χ4v) is 3.39. The van der Waals surface area contributed by atoms with E-state index in [9.17, 15) is 4.79 Å². The lowest BCUT2D eigenvalue weighted by molar-refractivity contribution is 0.430. The van der Waals surface area contributed by atoms with Gasteiger partial charge in [0, 0.05) is 15.4 Å². The molecular formula is C22H13BrN4O2. The van der Waals surface area contributed by atoms with Gasteiger partial charge in [0.25, 0.3) is 11.4 Å². The summed E-state index contributed by atoms with van der Waals surface area (Å²) in [5.74, 6) is 0.708. The molecule has 0 saturated heterocycles. The lowest BCUT2D eigenvalue weighted by atomic mass is 10.1. The van der Waals surface area contributed by atoms with Crippen molar-refractivity contribution in [2.45, 2.75) is 0 Å². The zero-order valence-electron chi connectivity index (χ0n) is 15.0. The number of benzene rings is 3. The summed E-state index contributed by atoms with van der Waals surface area (Å²) in [6, 6.07) is 24.2. The van der Waals surface area contributed by atoms with E-state index in [2.05, 4.69) is 31.2 Å². The van der Waals surface area contributed by atoms with E-state index in [4.69, 9.17) is 4.52 Å². The number of aromatic nitrogens is 4. The van der Waals surface area contributed by atoms with E-state index in [1.54, 1.807) is 6.07 Å². The molecule has 0 atom stereocenters. The van der Waals surface area contributed by atoms with Crippen molar-refractivity contribution < 1.29 is 4.52 Å². The number of nitrogens with zero attached hydrogens (tertiary/aromatic N) is 4. The molecule has 0 spiro atoms. The first kappa shape index (κ1) is 17.5. The highest BCUT2D eigenvalue weighted by atomic mass is 79.9. The van der Waals surface area contributed by atoms with Gasteiger partial charge in [-0.15, -0.1) is 0 Å². The minimum absolute atomic E-state index is 0.205. The van der Waals surface area contributed by atoms with Crippen molar-refractivity contribution in [1.82, 2.24) is 19.9 Å². The van der Waals surface area contributed by atoms with Crippen molar-refractivity contribution >= 4 is 26.7 Å². The lowest BCUT2D eigenvalue weighted by Crippen LogP contribution is -2.22. The summed E-state index contributed by atoms with van der Waals surface area (Å²) in [6.45, 7) is 0. The monoisotopic (exact) mass is 444 g/mol. The highest BCUT2D eigenvalue weighted by Gasteiger charge is 2.18. The van der Waals surface area contributed by atoms with E-state index >= 15 is 0 Å². The van der Waals surface area contributed by atoms with E-state index in [0.717, 1.165) is 10.0 Å². The first-order valence-corrected chi connectivity index (χ1v) is 9.67. The smallest absolute Gasteiger partial charge is 0.279 e. The van der Waals surface area contributed by atoms with Gasteiger partial charge in [0.15, 0.2) is 5.69 Å². The second-order valence-corrected chi connectivity index (χ2v) is 7.29. The number of hydrogen-bond donors (Lipinski definition) is 0. The molecule has 0 aliphatic carbocycles. The number of halogens is 1. The lowest BCUT2D eigenvalue weighted by Gasteiger charge is -2.08. The van der Waals surface area contributed by atoms with Crippen LogP contribution in [0.25, 0.3) is 39.4 Å². The van der Waals surface area contributed by atoms with Gasteiger partial charge in [-0.3, -0.25) is 4.79 Å². The molecule has 0 bridgehead atoms. The zero-order chi connectivity index (χ0) is 19.8. The Balaban J connectivity index is 1.72. The molecule has 3 aromatic carbocycles. The molecule has 0 aliphatic heterocycles. The van der Waals surface area contributed by atoms with E-state index < -0.39 is 0 Å². The average Bonchev–Trinajstić information content (AvgIpc) is 3.25. The quantitative estimate of drug-likeness (QED) is 0.397. The molecule has 0 saturated carbocycles. The molecule has 0 fully saturated rings. The van der Waals surface area contributed by atoms with Gasteiger partial charge in [0.2, 0.25) is 5.82 Å². The largest absolute Gasteiger partial charge is 0.332 e. The van der Waals surface area contributed by atoms with Crippen LogP contribution in [0.1, 0.15) is 0 Å². The van der Waals surface area contributed by atoms with Crippen molar-refractivity contribution in [3.05, 3.63) is 93.7 Å². The standard InChI is InChI=1S/C22H13BrN4O2/c23-15-12-10-14(11-13-15)20-24-21(29-26-20)19-17-8-4-5-9-18(17)22(28)27(25-19)16-6-2-1-3-7-16/h1-13H. The van der Waals surface area contributed by atoms with E-state index in [-0.39, 0.29) is 11.4 Å². The first-order valence-electron chi connectivity index (χ1n) is 8.88. The van der Waals surface area contributed by atoms with Gasteiger partial charge in [0.05, 0.1) is 11.1 Å². The predicted octanol–water partition coefficient (Wildman–Crippen LogP) is 4.87. The molecular weight excluding hydrogens is 432 g/mol. The Hall–Kier alpha value is -3.58. The number of rotatable bonds is 3. The molecule has 7 heteroatoms. The molecule has 2 heterocycles. The predicted molar refractivity (Wildman–Crippen MR) is 114 cm³/mol. The van der Waals surface area contributed by atoms with Crippen LogP contribution in [0.15, 0.2) is 92.7 Å². The molecule has 0 radical (unpaired) electrons. The van der Waals surface area contributed by atoms with Gasteiger partial charge in [-0.05, 0) is 42.5 Å². The normalized spacial score (nSPS) is 11.1. The van der Waals surface area contributed by atoms with Crippen molar-refractivity contribution in [2.75, 3.05) is 0 Å². The SMILES string of the molecule is O=c1c2ccccc2c(-c2nc(-c3ccc(Br)cc3)no2)nn1-c1ccccc1. The third kappa shape index (κ3) is 3.15. The van der Waals surface area contributed by atoms with Crippen LogP contribution in [0.5, 0.6) is 0 Å². The molecule has 5 aromatic rings. The molecule has 0 amide bonds. The van der Waals surface area contributed by atoms with Crippen LogP contribution in [0.4, 0.5) is 0 Å². The highest BCUT2D eigenvalue weighted by Crippen LogP contribution is 2.27. The number of fused-ring (bicyclic) bond motifs is 1. The summed E-state index contributed by atoms with van der Waals surface area (Å²) in [5, 5.41) is 9.85. The van der Waals surface area contributed by atoms with E-state index in [1.165, 1.54) is 4.68 Å². The summed E-state index contributed by atoms with van der Waals surface area (Å²) in [4.78, 5) is 17.5. The number of para-hydroxylation sites is 1. The summed E-state index contributed by atoms with van der Waals surface area (Å²) in [5.41, 5.74) is 1.74. The van der Waals surface area contributed by atoms with Gasteiger partial charge < -0.3 is 4.52 Å². The van der Waals surface area contributed by atoms with Gasteiger partial charge >= 0.3 is 0 Å². The third-order valence-corrected chi connectivity index (χ3v) is 5.07. The Labute approximate surface area is 173 Å². The number of hydrogen-bond acceptors (Lipinski definition) is 5. The van der Waals surface area contributed by atoms with Gasteiger partial charge in [-0.1, -0.05) is 57.5 Å². The van der Waals surface area contributed by atoms with Crippen molar-refractivity contribution in [3.63, 3.8) is 0 Å². The van der Waals surface area contributed by atoms with Crippen LogP contribution < -0.4 is 5.56 Å². The molecule has 5 rings (SSSR count). The van der Waals surface area contributed by atoms with E-state index in [1.807, 2.05) is 72.8 Å². The summed E-state index contributed by atoms with van der Waals surface area (Å²) in [6.07, 6.45) is 0. The summed E-state index contributed by atoms with van der Waals surface area (Å²) >= 11 is 3.42. The minimum atomic E-state index is -0.205. The van der Waals surface area contributed by atoms with Crippen molar-refractivity contribution in [2.24, 2.45) is 0 Å². The molecule has 29 heavy (non-hydrogen) atoms. The topological polar surface area (TPSA) is 73.8 Å². The van der Waals surface area contributed by atoms with Gasteiger partial charge in [-0.25, -0.2) is 0 Å². The molecule has 0 aliphatic rings. The molecule has 2 aromatic heterocycles. The Kier molecular flexibility index (Phi) is 4.29. The average molecular weight is 445 g/mol. The summed E-state index contributed by atoms with van der Waals surface area (Å²) in [7, 11) is 0. The van der Waals surface area contributed by atoms with Crippen LogP contribution in [-0.4, -0.2) is 19.9 Å². The highest BCUT2D eigenvalue weighted by molar-refractivity contribution is 9.10. The van der Waals surface area contributed by atoms with Crippen LogP contribution in [-0.2, 0) is 0 Å². The molecule has 0 N–H and O–H groups in total. The fraction of sp³-hybridized carbons (Fsp3) is 0. The molecule has 6 nitrogen and oxygen atoms in total. The van der Waals surface area contributed by atoms with Crippen LogP contribution in [0.2, 0.25) is 0 Å². The second-order valence-electron chi connectivity index (χ2n) is 6.38. The molecule has 0 unspecified atom stereocenters. The third-order valence-electron chi connectivity index (χ3n) is 4.54. The minimum Gasteiger partial charge on any atom is -0.332 e. The van der Waals surface area contributed by atoms with Gasteiger partial charge in [-0.2, -0.15) is 14.8 Å². The Morgan fingerprint density at radius 3 is 2.28 bits per heavy atom. The van der Waals surface area contributed by atoms with Crippen LogP contribution >= 0.6 is 15.9 Å². The van der Waals surface area contributed by atoms with Gasteiger partial charge in [0.1, 0.15) is 0 Å². The van der Waals surface area contributed by atoms with E-state index in [0.29, 0.717) is 28.0 Å². The fourth-order valence-electron chi connectivity index (χ4n) is 3.13. The first-order chi connectivity index (χ1) is 14.2. The zero-order valence-corrected chi connectivity index (χ0v) is 16.6. The Morgan fingerprint density at radius 2 is 1.52 bits per heavy atom. The van der Waals surface area contributed by atoms with Crippen LogP contribution in [0.3, 0.4) is 0 Å². The Bertz CT molecular complexity index is 1380. The van der Waals surface area contributed by atoms with Crippen LogP contribution in [0, 0.1) is 0 Å². The Morgan fingerprint density at radius 1 is 0.828 bits per heavy atom. The second kappa shape index (κ2) is 7.10.